The minimum atomic E-state index is -0.159. The molecule has 19 heavy (non-hydrogen) atoms. The first kappa shape index (κ1) is 12.7. The van der Waals surface area contributed by atoms with Crippen LogP contribution in [0.2, 0.25) is 0 Å². The van der Waals surface area contributed by atoms with Gasteiger partial charge in [-0.3, -0.25) is 0 Å². The minimum Gasteiger partial charge on any atom is -0.361 e. The summed E-state index contributed by atoms with van der Waals surface area (Å²) in [7, 11) is 0. The molecule has 1 heterocycles. The molecule has 1 aromatic heterocycles. The van der Waals surface area contributed by atoms with Crippen LogP contribution in [0, 0.1) is 11.7 Å². The van der Waals surface area contributed by atoms with Crippen molar-refractivity contribution in [3.63, 3.8) is 0 Å². The summed E-state index contributed by atoms with van der Waals surface area (Å²) >= 11 is 0. The molecule has 0 amide bonds. The maximum Gasteiger partial charge on any atom is 0.123 e. The molecule has 3 unspecified atom stereocenters. The number of hydrogen-bond donors (Lipinski definition) is 2. The van der Waals surface area contributed by atoms with Gasteiger partial charge >= 0.3 is 0 Å². The molecule has 1 fully saturated rings. The molecule has 1 aliphatic carbocycles. The van der Waals surface area contributed by atoms with Gasteiger partial charge in [0.05, 0.1) is 0 Å². The Morgan fingerprint density at radius 2 is 2.26 bits per heavy atom. The molecule has 102 valence electrons. The van der Waals surface area contributed by atoms with Crippen LogP contribution in [0.3, 0.4) is 0 Å². The molecular formula is C16H21FN2. The Balaban J connectivity index is 1.87. The largest absolute Gasteiger partial charge is 0.361 e. The molecule has 3 N–H and O–H groups in total. The molecule has 0 bridgehead atoms. The van der Waals surface area contributed by atoms with Crippen molar-refractivity contribution in [3.8, 4) is 0 Å². The van der Waals surface area contributed by atoms with Crippen molar-refractivity contribution < 1.29 is 4.39 Å². The Labute approximate surface area is 113 Å². The Hall–Kier alpha value is -1.35. The average molecular weight is 260 g/mol. The molecule has 1 saturated carbocycles. The maximum absolute atomic E-state index is 13.4. The van der Waals surface area contributed by atoms with E-state index in [0.717, 1.165) is 23.7 Å². The number of nitrogens with one attached hydrogen (secondary N) is 1. The van der Waals surface area contributed by atoms with Gasteiger partial charge in [-0.15, -0.1) is 0 Å². The topological polar surface area (TPSA) is 41.8 Å². The second-order valence-electron chi connectivity index (χ2n) is 5.78. The molecule has 0 aliphatic heterocycles. The summed E-state index contributed by atoms with van der Waals surface area (Å²) in [5, 5.41) is 1.04. The lowest BCUT2D eigenvalue weighted by molar-refractivity contribution is 0.417. The van der Waals surface area contributed by atoms with Gasteiger partial charge < -0.3 is 10.7 Å². The van der Waals surface area contributed by atoms with E-state index >= 15 is 0 Å². The summed E-state index contributed by atoms with van der Waals surface area (Å²) in [6, 6.07) is 5.28. The Kier molecular flexibility index (Phi) is 3.31. The third kappa shape index (κ3) is 2.27. The maximum atomic E-state index is 13.4. The zero-order chi connectivity index (χ0) is 13.4. The van der Waals surface area contributed by atoms with Gasteiger partial charge in [0.1, 0.15) is 5.82 Å². The summed E-state index contributed by atoms with van der Waals surface area (Å²) in [6.45, 7) is 2.15. The number of aromatic amines is 1. The fourth-order valence-corrected chi connectivity index (χ4v) is 3.47. The van der Waals surface area contributed by atoms with E-state index in [-0.39, 0.29) is 5.82 Å². The lowest BCUT2D eigenvalue weighted by Crippen LogP contribution is -2.27. The average Bonchev–Trinajstić information content (AvgIpc) is 3.03. The highest BCUT2D eigenvalue weighted by atomic mass is 19.1. The number of halogens is 1. The van der Waals surface area contributed by atoms with Gasteiger partial charge in [0, 0.05) is 23.1 Å². The Morgan fingerprint density at radius 3 is 3.05 bits per heavy atom. The van der Waals surface area contributed by atoms with E-state index in [1.807, 2.05) is 6.07 Å². The lowest BCUT2D eigenvalue weighted by Gasteiger charge is -2.17. The molecule has 3 heteroatoms. The summed E-state index contributed by atoms with van der Waals surface area (Å²) in [6.07, 6.45) is 6.59. The van der Waals surface area contributed by atoms with Gasteiger partial charge in [-0.05, 0) is 61.3 Å². The van der Waals surface area contributed by atoms with Crippen molar-refractivity contribution in [1.29, 1.82) is 0 Å². The molecule has 0 spiro atoms. The van der Waals surface area contributed by atoms with Crippen LogP contribution >= 0.6 is 0 Å². The van der Waals surface area contributed by atoms with Crippen LogP contribution in [-0.4, -0.2) is 11.0 Å². The van der Waals surface area contributed by atoms with Crippen molar-refractivity contribution in [2.75, 3.05) is 0 Å². The third-order valence-electron chi connectivity index (χ3n) is 4.67. The number of benzene rings is 1. The van der Waals surface area contributed by atoms with Crippen LogP contribution in [0.15, 0.2) is 24.4 Å². The highest BCUT2D eigenvalue weighted by Crippen LogP contribution is 2.42. The summed E-state index contributed by atoms with van der Waals surface area (Å²) in [5.74, 6) is 0.986. The summed E-state index contributed by atoms with van der Waals surface area (Å²) in [4.78, 5) is 3.25. The standard InChI is InChI=1S/C16H21FN2/c1-2-15(18)11-4-3-10(7-11)14-9-19-16-6-5-12(17)8-13(14)16/h5-6,8-11,15,19H,2-4,7,18H2,1H3. The van der Waals surface area contributed by atoms with Crippen molar-refractivity contribution >= 4 is 10.9 Å². The van der Waals surface area contributed by atoms with Crippen LogP contribution in [0.5, 0.6) is 0 Å². The van der Waals surface area contributed by atoms with Crippen molar-refractivity contribution in [3.05, 3.63) is 35.8 Å². The number of rotatable bonds is 3. The van der Waals surface area contributed by atoms with E-state index in [1.165, 1.54) is 24.5 Å². The van der Waals surface area contributed by atoms with Gasteiger partial charge in [0.15, 0.2) is 0 Å². The predicted octanol–water partition coefficient (Wildman–Crippen LogP) is 3.93. The van der Waals surface area contributed by atoms with Gasteiger partial charge in [0.25, 0.3) is 0 Å². The highest BCUT2D eigenvalue weighted by molar-refractivity contribution is 5.83. The van der Waals surface area contributed by atoms with E-state index in [4.69, 9.17) is 5.73 Å². The quantitative estimate of drug-likeness (QED) is 0.862. The van der Waals surface area contributed by atoms with E-state index in [2.05, 4.69) is 18.1 Å². The first-order valence-electron chi connectivity index (χ1n) is 7.21. The molecule has 0 radical (unpaired) electrons. The van der Waals surface area contributed by atoms with E-state index in [0.29, 0.717) is 17.9 Å². The van der Waals surface area contributed by atoms with E-state index < -0.39 is 0 Å². The van der Waals surface area contributed by atoms with Crippen LogP contribution in [0.1, 0.15) is 44.1 Å². The zero-order valence-corrected chi connectivity index (χ0v) is 11.3. The normalized spacial score (nSPS) is 25.0. The number of aromatic nitrogens is 1. The SMILES string of the molecule is CCC(N)C1CCC(c2c[nH]c3ccc(F)cc23)C1. The fraction of sp³-hybridized carbons (Fsp3) is 0.500. The number of hydrogen-bond acceptors (Lipinski definition) is 1. The van der Waals surface area contributed by atoms with Gasteiger partial charge in [-0.25, -0.2) is 4.39 Å². The van der Waals surface area contributed by atoms with Gasteiger partial charge in [-0.1, -0.05) is 6.92 Å². The van der Waals surface area contributed by atoms with Crippen molar-refractivity contribution in [2.24, 2.45) is 11.7 Å². The summed E-state index contributed by atoms with van der Waals surface area (Å²) < 4.78 is 13.4. The number of nitrogens with two attached hydrogens (primary N) is 1. The second-order valence-corrected chi connectivity index (χ2v) is 5.78. The monoisotopic (exact) mass is 260 g/mol. The van der Waals surface area contributed by atoms with Crippen molar-refractivity contribution in [1.82, 2.24) is 4.98 Å². The van der Waals surface area contributed by atoms with Gasteiger partial charge in [0.2, 0.25) is 0 Å². The number of H-pyrrole nitrogens is 1. The predicted molar refractivity (Wildman–Crippen MR) is 76.6 cm³/mol. The molecule has 0 saturated heterocycles. The second kappa shape index (κ2) is 4.97. The Morgan fingerprint density at radius 1 is 1.42 bits per heavy atom. The summed E-state index contributed by atoms with van der Waals surface area (Å²) in [5.41, 5.74) is 8.45. The van der Waals surface area contributed by atoms with Crippen LogP contribution in [0.25, 0.3) is 10.9 Å². The number of fused-ring (bicyclic) bond motifs is 1. The molecule has 1 aromatic carbocycles. The van der Waals surface area contributed by atoms with Crippen LogP contribution in [0.4, 0.5) is 4.39 Å². The fourth-order valence-electron chi connectivity index (χ4n) is 3.47. The Bertz CT molecular complexity index is 575. The molecule has 2 nitrogen and oxygen atoms in total. The zero-order valence-electron chi connectivity index (χ0n) is 11.3. The van der Waals surface area contributed by atoms with E-state index in [9.17, 15) is 4.39 Å². The first-order valence-corrected chi connectivity index (χ1v) is 7.21. The van der Waals surface area contributed by atoms with Gasteiger partial charge in [-0.2, -0.15) is 0 Å². The van der Waals surface area contributed by atoms with Crippen LogP contribution < -0.4 is 5.73 Å². The van der Waals surface area contributed by atoms with Crippen LogP contribution in [-0.2, 0) is 0 Å². The molecule has 3 rings (SSSR count). The molecule has 1 aliphatic rings. The minimum absolute atomic E-state index is 0.159. The highest BCUT2D eigenvalue weighted by Gasteiger charge is 2.30. The molecular weight excluding hydrogens is 239 g/mol. The smallest absolute Gasteiger partial charge is 0.123 e. The van der Waals surface area contributed by atoms with Crippen molar-refractivity contribution in [2.45, 2.75) is 44.6 Å². The molecule has 2 aromatic rings. The lowest BCUT2D eigenvalue weighted by atomic mass is 9.92. The first-order chi connectivity index (χ1) is 9.19. The van der Waals surface area contributed by atoms with E-state index in [1.54, 1.807) is 6.07 Å². The molecule has 3 atom stereocenters. The third-order valence-corrected chi connectivity index (χ3v) is 4.67.